The molecule has 0 bridgehead atoms. The van der Waals surface area contributed by atoms with Gasteiger partial charge in [-0.1, -0.05) is 0 Å². The second-order valence-electron chi connectivity index (χ2n) is 5.44. The molecule has 17 heavy (non-hydrogen) atoms. The molecule has 1 aromatic rings. The summed E-state index contributed by atoms with van der Waals surface area (Å²) in [5.41, 5.74) is 1.35. The summed E-state index contributed by atoms with van der Waals surface area (Å²) >= 11 is 0. The maximum atomic E-state index is 11.7. The summed E-state index contributed by atoms with van der Waals surface area (Å²) in [5, 5.41) is 6.10. The van der Waals surface area contributed by atoms with E-state index >= 15 is 0 Å². The van der Waals surface area contributed by atoms with Gasteiger partial charge in [0.05, 0.1) is 11.9 Å². The first kappa shape index (κ1) is 13.5. The van der Waals surface area contributed by atoms with Crippen molar-refractivity contribution in [2.24, 2.45) is 0 Å². The Bertz CT molecular complexity index is 377. The minimum atomic E-state index is -0.137. The van der Waals surface area contributed by atoms with Gasteiger partial charge in [0.2, 0.25) is 0 Å². The molecule has 0 aliphatic carbocycles. The number of aromatic nitrogens is 1. The number of anilines is 1. The minimum absolute atomic E-state index is 0.0105. The van der Waals surface area contributed by atoms with E-state index in [1.165, 1.54) is 0 Å². The summed E-state index contributed by atoms with van der Waals surface area (Å²) in [4.78, 5) is 15.8. The predicted octanol–water partition coefficient (Wildman–Crippen LogP) is 2.43. The topological polar surface area (TPSA) is 54.0 Å². The fraction of sp³-hybridized carbons (Fsp3) is 0.538. The van der Waals surface area contributed by atoms with Gasteiger partial charge in [0.25, 0.3) is 5.91 Å². The van der Waals surface area contributed by atoms with Crippen LogP contribution in [0.2, 0.25) is 0 Å². The highest BCUT2D eigenvalue weighted by Crippen LogP contribution is 2.13. The summed E-state index contributed by atoms with van der Waals surface area (Å²) in [7, 11) is 0. The number of pyridine rings is 1. The van der Waals surface area contributed by atoms with Crippen molar-refractivity contribution in [2.45, 2.75) is 46.2 Å². The summed E-state index contributed by atoms with van der Waals surface area (Å²) in [5.74, 6) is -0.137. The van der Waals surface area contributed by atoms with Crippen molar-refractivity contribution in [2.75, 3.05) is 5.32 Å². The molecular formula is C13H21N3O. The van der Waals surface area contributed by atoms with E-state index in [1.54, 1.807) is 12.3 Å². The average molecular weight is 235 g/mol. The van der Waals surface area contributed by atoms with Crippen LogP contribution in [0.5, 0.6) is 0 Å². The van der Waals surface area contributed by atoms with E-state index in [0.29, 0.717) is 5.69 Å². The smallest absolute Gasteiger partial charge is 0.270 e. The number of hydrogen-bond donors (Lipinski definition) is 2. The monoisotopic (exact) mass is 235 g/mol. The van der Waals surface area contributed by atoms with Crippen molar-refractivity contribution >= 4 is 11.6 Å². The van der Waals surface area contributed by atoms with E-state index in [9.17, 15) is 4.79 Å². The predicted molar refractivity (Wildman–Crippen MR) is 70.2 cm³/mol. The van der Waals surface area contributed by atoms with Gasteiger partial charge in [0.15, 0.2) is 0 Å². The molecule has 0 spiro atoms. The zero-order valence-electron chi connectivity index (χ0n) is 11.2. The second-order valence-corrected chi connectivity index (χ2v) is 5.44. The van der Waals surface area contributed by atoms with Crippen molar-refractivity contribution in [3.8, 4) is 0 Å². The lowest BCUT2D eigenvalue weighted by molar-refractivity contribution is 0.0938. The van der Waals surface area contributed by atoms with Crippen molar-refractivity contribution in [3.63, 3.8) is 0 Å². The van der Waals surface area contributed by atoms with Crippen LogP contribution in [0, 0.1) is 0 Å². The van der Waals surface area contributed by atoms with Crippen LogP contribution in [-0.2, 0) is 0 Å². The maximum Gasteiger partial charge on any atom is 0.270 e. The number of hydrogen-bond acceptors (Lipinski definition) is 3. The van der Waals surface area contributed by atoms with Crippen molar-refractivity contribution in [1.82, 2.24) is 10.3 Å². The van der Waals surface area contributed by atoms with Gasteiger partial charge >= 0.3 is 0 Å². The van der Waals surface area contributed by atoms with Gasteiger partial charge in [-0.2, -0.15) is 0 Å². The Morgan fingerprint density at radius 2 is 1.94 bits per heavy atom. The van der Waals surface area contributed by atoms with Gasteiger partial charge in [-0.25, -0.2) is 4.98 Å². The molecule has 1 heterocycles. The van der Waals surface area contributed by atoms with E-state index < -0.39 is 0 Å². The van der Waals surface area contributed by atoms with E-state index in [1.807, 2.05) is 19.9 Å². The summed E-state index contributed by atoms with van der Waals surface area (Å²) in [6.07, 6.45) is 1.68. The molecule has 0 aliphatic rings. The first-order valence-corrected chi connectivity index (χ1v) is 5.83. The molecule has 1 aromatic heterocycles. The molecule has 0 atom stereocenters. The lowest BCUT2D eigenvalue weighted by atomic mass is 10.1. The highest BCUT2D eigenvalue weighted by Gasteiger charge is 2.11. The van der Waals surface area contributed by atoms with E-state index in [2.05, 4.69) is 36.4 Å². The summed E-state index contributed by atoms with van der Waals surface area (Å²) < 4.78 is 0. The molecule has 0 aromatic carbocycles. The lowest BCUT2D eigenvalue weighted by Gasteiger charge is -2.21. The van der Waals surface area contributed by atoms with Crippen LogP contribution in [0.3, 0.4) is 0 Å². The van der Waals surface area contributed by atoms with E-state index in [4.69, 9.17) is 0 Å². The SMILES string of the molecule is CC(C)NC(=O)c1ccc(NC(C)(C)C)cn1. The van der Waals surface area contributed by atoms with Crippen LogP contribution in [0.1, 0.15) is 45.1 Å². The number of amides is 1. The second kappa shape index (κ2) is 5.17. The van der Waals surface area contributed by atoms with E-state index in [0.717, 1.165) is 5.69 Å². The quantitative estimate of drug-likeness (QED) is 0.846. The van der Waals surface area contributed by atoms with Crippen LogP contribution in [0.4, 0.5) is 5.69 Å². The number of carbonyl (C=O) groups excluding carboxylic acids is 1. The highest BCUT2D eigenvalue weighted by molar-refractivity contribution is 5.92. The Labute approximate surface area is 103 Å². The normalized spacial score (nSPS) is 11.4. The standard InChI is InChI=1S/C13H21N3O/c1-9(2)15-12(17)11-7-6-10(8-14-11)16-13(3,4)5/h6-9,16H,1-5H3,(H,15,17). The largest absolute Gasteiger partial charge is 0.379 e. The Morgan fingerprint density at radius 3 is 2.35 bits per heavy atom. The van der Waals surface area contributed by atoms with Crippen molar-refractivity contribution < 1.29 is 4.79 Å². The summed E-state index contributed by atoms with van der Waals surface area (Å²) in [6, 6.07) is 3.72. The third kappa shape index (κ3) is 4.85. The van der Waals surface area contributed by atoms with Crippen molar-refractivity contribution in [3.05, 3.63) is 24.0 Å². The fourth-order valence-electron chi connectivity index (χ4n) is 1.37. The number of rotatable bonds is 3. The number of carbonyl (C=O) groups is 1. The molecule has 1 rings (SSSR count). The molecule has 1 amide bonds. The zero-order chi connectivity index (χ0) is 13.1. The van der Waals surface area contributed by atoms with Gasteiger partial charge in [-0.05, 0) is 46.8 Å². The Balaban J connectivity index is 2.71. The van der Waals surface area contributed by atoms with Crippen LogP contribution in [0.15, 0.2) is 18.3 Å². The first-order chi connectivity index (χ1) is 7.78. The van der Waals surface area contributed by atoms with Crippen molar-refractivity contribution in [1.29, 1.82) is 0 Å². The molecule has 0 aliphatic heterocycles. The van der Waals surface area contributed by atoms with Crippen LogP contribution >= 0.6 is 0 Å². The Kier molecular flexibility index (Phi) is 4.10. The maximum absolute atomic E-state index is 11.7. The Hall–Kier alpha value is -1.58. The molecule has 2 N–H and O–H groups in total. The fourth-order valence-corrected chi connectivity index (χ4v) is 1.37. The van der Waals surface area contributed by atoms with Gasteiger partial charge in [0.1, 0.15) is 5.69 Å². The third-order valence-corrected chi connectivity index (χ3v) is 1.94. The van der Waals surface area contributed by atoms with Gasteiger partial charge in [0, 0.05) is 11.6 Å². The molecule has 0 fully saturated rings. The number of nitrogens with one attached hydrogen (secondary N) is 2. The molecule has 0 saturated carbocycles. The van der Waals surface area contributed by atoms with Gasteiger partial charge in [-0.15, -0.1) is 0 Å². The molecule has 0 unspecified atom stereocenters. The number of nitrogens with zero attached hydrogens (tertiary/aromatic N) is 1. The molecule has 4 nitrogen and oxygen atoms in total. The van der Waals surface area contributed by atoms with Crippen LogP contribution in [-0.4, -0.2) is 22.5 Å². The van der Waals surface area contributed by atoms with Gasteiger partial charge in [-0.3, -0.25) is 4.79 Å². The Morgan fingerprint density at radius 1 is 1.29 bits per heavy atom. The molecule has 0 saturated heterocycles. The average Bonchev–Trinajstić information content (AvgIpc) is 2.15. The first-order valence-electron chi connectivity index (χ1n) is 5.83. The lowest BCUT2D eigenvalue weighted by Crippen LogP contribution is -2.31. The molecule has 0 radical (unpaired) electrons. The van der Waals surface area contributed by atoms with Gasteiger partial charge < -0.3 is 10.6 Å². The molecule has 94 valence electrons. The summed E-state index contributed by atoms with van der Waals surface area (Å²) in [6.45, 7) is 10.1. The van der Waals surface area contributed by atoms with E-state index in [-0.39, 0.29) is 17.5 Å². The highest BCUT2D eigenvalue weighted by atomic mass is 16.1. The van der Waals surface area contributed by atoms with Crippen LogP contribution < -0.4 is 10.6 Å². The minimum Gasteiger partial charge on any atom is -0.379 e. The molecule has 4 heteroatoms. The third-order valence-electron chi connectivity index (χ3n) is 1.94. The molecular weight excluding hydrogens is 214 g/mol. The zero-order valence-corrected chi connectivity index (χ0v) is 11.2. The van der Waals surface area contributed by atoms with Crippen LogP contribution in [0.25, 0.3) is 0 Å².